The SMILES string of the molecule is CC(C)(C)C1=CCC(C(CC2=CCCCC2)C(O)NC2C=CC(C3CC4CCCCC4O3)CC2)CC1. The zero-order valence-electron chi connectivity index (χ0n) is 23.4. The molecule has 8 unspecified atom stereocenters. The summed E-state index contributed by atoms with van der Waals surface area (Å²) in [7, 11) is 0. The summed E-state index contributed by atoms with van der Waals surface area (Å²) < 4.78 is 6.52. The molecule has 36 heavy (non-hydrogen) atoms. The number of allylic oxidation sites excluding steroid dienone is 4. The summed E-state index contributed by atoms with van der Waals surface area (Å²) in [5, 5.41) is 15.3. The highest BCUT2D eigenvalue weighted by atomic mass is 16.5. The second kappa shape index (κ2) is 11.9. The summed E-state index contributed by atoms with van der Waals surface area (Å²) in [6, 6.07) is 0.284. The van der Waals surface area contributed by atoms with E-state index in [0.717, 1.165) is 25.2 Å². The van der Waals surface area contributed by atoms with Crippen molar-refractivity contribution in [2.24, 2.45) is 29.1 Å². The highest BCUT2D eigenvalue weighted by molar-refractivity contribution is 5.16. The van der Waals surface area contributed by atoms with Crippen molar-refractivity contribution in [3.63, 3.8) is 0 Å². The molecule has 1 heterocycles. The van der Waals surface area contributed by atoms with E-state index in [4.69, 9.17) is 4.74 Å². The Bertz CT molecular complexity index is 806. The van der Waals surface area contributed by atoms with Gasteiger partial charge in [-0.05, 0) is 101 Å². The van der Waals surface area contributed by atoms with Gasteiger partial charge in [-0.25, -0.2) is 0 Å². The molecule has 8 atom stereocenters. The van der Waals surface area contributed by atoms with Crippen LogP contribution in [0.4, 0.5) is 0 Å². The Kier molecular flexibility index (Phi) is 8.80. The van der Waals surface area contributed by atoms with E-state index < -0.39 is 6.23 Å². The number of nitrogens with one attached hydrogen (secondary N) is 1. The molecule has 2 N–H and O–H groups in total. The van der Waals surface area contributed by atoms with Gasteiger partial charge >= 0.3 is 0 Å². The molecule has 0 spiro atoms. The standard InChI is InChI=1S/C33H53NO2/c1-33(2,3)27-17-13-24(14-18-27)29(21-23-9-5-4-6-10-23)32(35)34-28-19-15-25(16-20-28)31-22-26-11-7-8-12-30(26)36-31/h9,15,17,19,24-26,28-32,34-35H,4-8,10-14,16,18,20-22H2,1-3H3. The van der Waals surface area contributed by atoms with Crippen LogP contribution in [0.25, 0.3) is 0 Å². The predicted octanol–water partition coefficient (Wildman–Crippen LogP) is 7.86. The van der Waals surface area contributed by atoms with Crippen LogP contribution in [0.3, 0.4) is 0 Å². The predicted molar refractivity (Wildman–Crippen MR) is 150 cm³/mol. The quantitative estimate of drug-likeness (QED) is 0.279. The highest BCUT2D eigenvalue weighted by Gasteiger charge is 2.40. The Morgan fingerprint density at radius 3 is 2.47 bits per heavy atom. The van der Waals surface area contributed by atoms with Gasteiger partial charge in [0.1, 0.15) is 6.23 Å². The number of ether oxygens (including phenoxy) is 1. The van der Waals surface area contributed by atoms with Crippen LogP contribution >= 0.6 is 0 Å². The zero-order chi connectivity index (χ0) is 25.1. The lowest BCUT2D eigenvalue weighted by molar-refractivity contribution is -0.00317. The second-order valence-corrected chi connectivity index (χ2v) is 13.8. The van der Waals surface area contributed by atoms with Crippen LogP contribution in [0, 0.1) is 29.1 Å². The van der Waals surface area contributed by atoms with E-state index in [0.29, 0.717) is 30.0 Å². The first-order chi connectivity index (χ1) is 17.4. The fraction of sp³-hybridized carbons (Fsp3) is 0.818. The van der Waals surface area contributed by atoms with Crippen LogP contribution in [0.15, 0.2) is 35.5 Å². The summed E-state index contributed by atoms with van der Waals surface area (Å²) in [5.41, 5.74) is 3.47. The molecule has 0 bridgehead atoms. The number of aliphatic hydroxyl groups is 1. The average molecular weight is 496 g/mol. The monoisotopic (exact) mass is 495 g/mol. The first kappa shape index (κ1) is 26.7. The average Bonchev–Trinajstić information content (AvgIpc) is 3.32. The lowest BCUT2D eigenvalue weighted by atomic mass is 9.71. The van der Waals surface area contributed by atoms with Crippen molar-refractivity contribution in [3.05, 3.63) is 35.5 Å². The van der Waals surface area contributed by atoms with Crippen molar-refractivity contribution in [2.75, 3.05) is 0 Å². The summed E-state index contributed by atoms with van der Waals surface area (Å²) >= 11 is 0. The lowest BCUT2D eigenvalue weighted by Gasteiger charge is -2.38. The first-order valence-corrected chi connectivity index (χ1v) is 15.5. The molecule has 0 aromatic heterocycles. The molecule has 2 fully saturated rings. The van der Waals surface area contributed by atoms with Crippen LogP contribution in [0.1, 0.15) is 117 Å². The Morgan fingerprint density at radius 2 is 1.81 bits per heavy atom. The molecule has 0 amide bonds. The molecule has 3 nitrogen and oxygen atoms in total. The fourth-order valence-electron chi connectivity index (χ4n) is 7.96. The maximum atomic E-state index is 11.6. The first-order valence-electron chi connectivity index (χ1n) is 15.5. The van der Waals surface area contributed by atoms with Gasteiger partial charge in [0.2, 0.25) is 0 Å². The van der Waals surface area contributed by atoms with Gasteiger partial charge in [-0.3, -0.25) is 5.32 Å². The number of aliphatic hydroxyl groups excluding tert-OH is 1. The smallest absolute Gasteiger partial charge is 0.108 e. The van der Waals surface area contributed by atoms with Crippen LogP contribution in [0.2, 0.25) is 0 Å². The normalized spacial score (nSPS) is 37.1. The number of hydrogen-bond acceptors (Lipinski definition) is 3. The maximum absolute atomic E-state index is 11.6. The molecule has 1 saturated carbocycles. The van der Waals surface area contributed by atoms with E-state index in [1.807, 2.05) is 0 Å². The Hall–Kier alpha value is -0.900. The van der Waals surface area contributed by atoms with Crippen molar-refractivity contribution in [1.29, 1.82) is 0 Å². The minimum atomic E-state index is -0.431. The summed E-state index contributed by atoms with van der Waals surface area (Å²) in [5.74, 6) is 2.25. The molecule has 0 aromatic carbocycles. The second-order valence-electron chi connectivity index (χ2n) is 13.8. The number of rotatable bonds is 7. The van der Waals surface area contributed by atoms with Gasteiger partial charge in [0.25, 0.3) is 0 Å². The molecular formula is C33H53NO2. The topological polar surface area (TPSA) is 41.5 Å². The third-order valence-electron chi connectivity index (χ3n) is 10.3. The van der Waals surface area contributed by atoms with Gasteiger partial charge < -0.3 is 9.84 Å². The van der Waals surface area contributed by atoms with Crippen LogP contribution < -0.4 is 5.32 Å². The Labute approximate surface area is 221 Å². The van der Waals surface area contributed by atoms with Crippen molar-refractivity contribution < 1.29 is 9.84 Å². The van der Waals surface area contributed by atoms with Crippen molar-refractivity contribution in [3.8, 4) is 0 Å². The summed E-state index contributed by atoms with van der Waals surface area (Å²) in [6.07, 6.45) is 28.9. The molecule has 1 aliphatic heterocycles. The van der Waals surface area contributed by atoms with Crippen molar-refractivity contribution in [2.45, 2.75) is 142 Å². The molecule has 5 rings (SSSR count). The van der Waals surface area contributed by atoms with E-state index in [9.17, 15) is 5.11 Å². The third-order valence-corrected chi connectivity index (χ3v) is 10.3. The van der Waals surface area contributed by atoms with E-state index in [1.165, 1.54) is 77.0 Å². The van der Waals surface area contributed by atoms with Crippen molar-refractivity contribution >= 4 is 0 Å². The Balaban J connectivity index is 1.19. The van der Waals surface area contributed by atoms with Crippen LogP contribution in [-0.2, 0) is 4.74 Å². The van der Waals surface area contributed by atoms with E-state index in [-0.39, 0.29) is 11.5 Å². The minimum absolute atomic E-state index is 0.271. The lowest BCUT2D eigenvalue weighted by Crippen LogP contribution is -2.46. The Morgan fingerprint density at radius 1 is 0.944 bits per heavy atom. The molecule has 202 valence electrons. The number of fused-ring (bicyclic) bond motifs is 1. The molecule has 1 saturated heterocycles. The fourth-order valence-corrected chi connectivity index (χ4v) is 7.96. The summed E-state index contributed by atoms with van der Waals surface area (Å²) in [4.78, 5) is 0. The van der Waals surface area contributed by atoms with Gasteiger partial charge in [-0.1, -0.05) is 69.1 Å². The molecule has 4 aliphatic carbocycles. The van der Waals surface area contributed by atoms with Crippen molar-refractivity contribution in [1.82, 2.24) is 5.32 Å². The van der Waals surface area contributed by atoms with Gasteiger partial charge in [-0.15, -0.1) is 0 Å². The van der Waals surface area contributed by atoms with Gasteiger partial charge in [0.15, 0.2) is 0 Å². The molecule has 0 radical (unpaired) electrons. The van der Waals surface area contributed by atoms with E-state index >= 15 is 0 Å². The molecule has 0 aromatic rings. The van der Waals surface area contributed by atoms with Crippen LogP contribution in [-0.4, -0.2) is 29.6 Å². The van der Waals surface area contributed by atoms with Gasteiger partial charge in [0.05, 0.1) is 12.2 Å². The van der Waals surface area contributed by atoms with E-state index in [2.05, 4.69) is 50.4 Å². The number of hydrogen-bond donors (Lipinski definition) is 2. The van der Waals surface area contributed by atoms with E-state index in [1.54, 1.807) is 11.1 Å². The molecule has 5 aliphatic rings. The highest BCUT2D eigenvalue weighted by Crippen LogP contribution is 2.43. The maximum Gasteiger partial charge on any atom is 0.108 e. The molecular weight excluding hydrogens is 442 g/mol. The largest absolute Gasteiger partial charge is 0.378 e. The summed E-state index contributed by atoms with van der Waals surface area (Å²) in [6.45, 7) is 7.02. The van der Waals surface area contributed by atoms with Crippen LogP contribution in [0.5, 0.6) is 0 Å². The molecule has 3 heteroatoms. The van der Waals surface area contributed by atoms with Gasteiger partial charge in [-0.2, -0.15) is 0 Å². The third kappa shape index (κ3) is 6.56. The zero-order valence-corrected chi connectivity index (χ0v) is 23.4. The minimum Gasteiger partial charge on any atom is -0.378 e. The van der Waals surface area contributed by atoms with Gasteiger partial charge in [0, 0.05) is 17.9 Å².